The lowest BCUT2D eigenvalue weighted by molar-refractivity contribution is -0.116. The number of amides is 1. The Hall–Kier alpha value is -2.43. The molecule has 0 radical (unpaired) electrons. The van der Waals surface area contributed by atoms with Crippen LogP contribution in [0.15, 0.2) is 35.7 Å². The van der Waals surface area contributed by atoms with Gasteiger partial charge in [0.15, 0.2) is 0 Å². The van der Waals surface area contributed by atoms with Crippen molar-refractivity contribution >= 4 is 17.3 Å². The molecule has 0 unspecified atom stereocenters. The molecule has 0 saturated heterocycles. The standard InChI is InChI=1S/C15H16N4O/c1-10-4-5-14(11(2)6-10)19-15(20)7-13(17-19)12-8-16-18(3)9-12/h4-6,8-9H,7H2,1-3H3. The molecule has 0 spiro atoms. The van der Waals surface area contributed by atoms with E-state index in [-0.39, 0.29) is 5.91 Å². The number of rotatable bonds is 2. The Morgan fingerprint density at radius 3 is 2.70 bits per heavy atom. The average molecular weight is 268 g/mol. The average Bonchev–Trinajstić information content (AvgIpc) is 2.96. The van der Waals surface area contributed by atoms with E-state index in [0.717, 1.165) is 22.5 Å². The smallest absolute Gasteiger partial charge is 0.253 e. The predicted molar refractivity (Wildman–Crippen MR) is 77.8 cm³/mol. The summed E-state index contributed by atoms with van der Waals surface area (Å²) >= 11 is 0. The van der Waals surface area contributed by atoms with Gasteiger partial charge in [-0.05, 0) is 25.5 Å². The molecule has 0 N–H and O–H groups in total. The van der Waals surface area contributed by atoms with Gasteiger partial charge >= 0.3 is 0 Å². The Bertz CT molecular complexity index is 714. The maximum absolute atomic E-state index is 12.2. The van der Waals surface area contributed by atoms with Gasteiger partial charge in [0, 0.05) is 18.8 Å². The molecule has 5 nitrogen and oxygen atoms in total. The lowest BCUT2D eigenvalue weighted by Crippen LogP contribution is -2.20. The summed E-state index contributed by atoms with van der Waals surface area (Å²) < 4.78 is 1.71. The highest BCUT2D eigenvalue weighted by Gasteiger charge is 2.27. The zero-order valence-corrected chi connectivity index (χ0v) is 11.8. The first-order valence-electron chi connectivity index (χ1n) is 6.51. The molecule has 0 fully saturated rings. The molecular formula is C15H16N4O. The van der Waals surface area contributed by atoms with E-state index in [1.54, 1.807) is 10.9 Å². The quantitative estimate of drug-likeness (QED) is 0.838. The number of carbonyl (C=O) groups is 1. The van der Waals surface area contributed by atoms with Crippen LogP contribution in [0.3, 0.4) is 0 Å². The molecule has 1 aliphatic heterocycles. The summed E-state index contributed by atoms with van der Waals surface area (Å²) in [5, 5.41) is 10.1. The van der Waals surface area contributed by atoms with Crippen LogP contribution < -0.4 is 5.01 Å². The van der Waals surface area contributed by atoms with Crippen LogP contribution in [0.4, 0.5) is 5.69 Å². The van der Waals surface area contributed by atoms with Crippen LogP contribution in [-0.4, -0.2) is 21.4 Å². The maximum Gasteiger partial charge on any atom is 0.253 e. The van der Waals surface area contributed by atoms with Crippen molar-refractivity contribution in [2.45, 2.75) is 20.3 Å². The third-order valence-corrected chi connectivity index (χ3v) is 3.39. The van der Waals surface area contributed by atoms with Crippen molar-refractivity contribution < 1.29 is 4.79 Å². The largest absolute Gasteiger partial charge is 0.275 e. The van der Waals surface area contributed by atoms with Crippen LogP contribution in [-0.2, 0) is 11.8 Å². The number of hydrogen-bond acceptors (Lipinski definition) is 3. The number of aryl methyl sites for hydroxylation is 3. The van der Waals surface area contributed by atoms with Crippen LogP contribution in [0.1, 0.15) is 23.1 Å². The highest BCUT2D eigenvalue weighted by molar-refractivity contribution is 6.19. The molecular weight excluding hydrogens is 252 g/mol. The van der Waals surface area contributed by atoms with Gasteiger partial charge in [-0.2, -0.15) is 15.2 Å². The Labute approximate surface area is 117 Å². The Morgan fingerprint density at radius 2 is 2.05 bits per heavy atom. The Morgan fingerprint density at radius 1 is 1.25 bits per heavy atom. The second-order valence-corrected chi connectivity index (χ2v) is 5.12. The fourth-order valence-electron chi connectivity index (χ4n) is 2.39. The van der Waals surface area contributed by atoms with E-state index in [1.807, 2.05) is 39.2 Å². The predicted octanol–water partition coefficient (Wildman–Crippen LogP) is 2.18. The van der Waals surface area contributed by atoms with Gasteiger partial charge in [0.1, 0.15) is 0 Å². The Balaban J connectivity index is 1.98. The van der Waals surface area contributed by atoms with Crippen molar-refractivity contribution in [1.29, 1.82) is 0 Å². The molecule has 1 aliphatic rings. The summed E-state index contributed by atoms with van der Waals surface area (Å²) in [4.78, 5) is 12.2. The number of benzene rings is 1. The second kappa shape index (κ2) is 4.59. The van der Waals surface area contributed by atoms with Crippen molar-refractivity contribution in [2.75, 3.05) is 5.01 Å². The highest BCUT2D eigenvalue weighted by Crippen LogP contribution is 2.26. The normalized spacial score (nSPS) is 14.8. The molecule has 5 heteroatoms. The van der Waals surface area contributed by atoms with E-state index < -0.39 is 0 Å². The van der Waals surface area contributed by atoms with Crippen molar-refractivity contribution in [1.82, 2.24) is 9.78 Å². The van der Waals surface area contributed by atoms with Gasteiger partial charge in [0.25, 0.3) is 5.91 Å². The third kappa shape index (κ3) is 2.11. The van der Waals surface area contributed by atoms with E-state index >= 15 is 0 Å². The van der Waals surface area contributed by atoms with Gasteiger partial charge in [-0.25, -0.2) is 0 Å². The molecule has 20 heavy (non-hydrogen) atoms. The first kappa shape index (κ1) is 12.6. The molecule has 0 bridgehead atoms. The first-order valence-corrected chi connectivity index (χ1v) is 6.51. The first-order chi connectivity index (χ1) is 9.54. The SMILES string of the molecule is Cc1ccc(N2N=C(c3cnn(C)c3)CC2=O)c(C)c1. The lowest BCUT2D eigenvalue weighted by atomic mass is 10.1. The highest BCUT2D eigenvalue weighted by atomic mass is 16.2. The molecule has 102 valence electrons. The number of hydrogen-bond donors (Lipinski definition) is 0. The van der Waals surface area contributed by atoms with Gasteiger partial charge in [-0.3, -0.25) is 9.48 Å². The fourth-order valence-corrected chi connectivity index (χ4v) is 2.39. The van der Waals surface area contributed by atoms with E-state index in [4.69, 9.17) is 0 Å². The molecule has 2 aromatic rings. The summed E-state index contributed by atoms with van der Waals surface area (Å²) in [5.74, 6) is -0.00388. The summed E-state index contributed by atoms with van der Waals surface area (Å²) in [5.41, 5.74) is 4.74. The van der Waals surface area contributed by atoms with Crippen molar-refractivity contribution in [2.24, 2.45) is 12.1 Å². The fraction of sp³-hybridized carbons (Fsp3) is 0.267. The maximum atomic E-state index is 12.2. The molecule has 0 atom stereocenters. The topological polar surface area (TPSA) is 50.5 Å². The van der Waals surface area contributed by atoms with Gasteiger partial charge in [-0.1, -0.05) is 17.7 Å². The Kier molecular flexibility index (Phi) is 2.89. The number of carbonyl (C=O) groups excluding carboxylic acids is 1. The van der Waals surface area contributed by atoms with Crippen LogP contribution in [0.5, 0.6) is 0 Å². The van der Waals surface area contributed by atoms with Crippen LogP contribution >= 0.6 is 0 Å². The summed E-state index contributed by atoms with van der Waals surface area (Å²) in [6.07, 6.45) is 3.92. The summed E-state index contributed by atoms with van der Waals surface area (Å²) in [7, 11) is 1.85. The van der Waals surface area contributed by atoms with Gasteiger partial charge in [0.05, 0.1) is 24.0 Å². The minimum atomic E-state index is -0.00388. The number of anilines is 1. The van der Waals surface area contributed by atoms with Gasteiger partial charge in [0.2, 0.25) is 0 Å². The number of aromatic nitrogens is 2. The van der Waals surface area contributed by atoms with Crippen molar-refractivity contribution in [3.05, 3.63) is 47.3 Å². The molecule has 2 heterocycles. The summed E-state index contributed by atoms with van der Waals surface area (Å²) in [6.45, 7) is 4.03. The van der Waals surface area contributed by atoms with E-state index in [1.165, 1.54) is 10.6 Å². The molecule has 1 aromatic carbocycles. The van der Waals surface area contributed by atoms with Crippen LogP contribution in [0.2, 0.25) is 0 Å². The number of hydrazone groups is 1. The monoisotopic (exact) mass is 268 g/mol. The molecule has 3 rings (SSSR count). The second-order valence-electron chi connectivity index (χ2n) is 5.12. The molecule has 1 amide bonds. The van der Waals surface area contributed by atoms with Gasteiger partial charge < -0.3 is 0 Å². The zero-order valence-electron chi connectivity index (χ0n) is 11.8. The molecule has 0 saturated carbocycles. The van der Waals surface area contributed by atoms with E-state index in [9.17, 15) is 4.79 Å². The molecule has 1 aromatic heterocycles. The van der Waals surface area contributed by atoms with Gasteiger partial charge in [-0.15, -0.1) is 0 Å². The van der Waals surface area contributed by atoms with Crippen LogP contribution in [0, 0.1) is 13.8 Å². The van der Waals surface area contributed by atoms with Crippen LogP contribution in [0.25, 0.3) is 0 Å². The van der Waals surface area contributed by atoms with Crippen molar-refractivity contribution in [3.63, 3.8) is 0 Å². The zero-order chi connectivity index (χ0) is 14.3. The molecule has 0 aliphatic carbocycles. The third-order valence-electron chi connectivity index (χ3n) is 3.39. The van der Waals surface area contributed by atoms with E-state index in [2.05, 4.69) is 16.3 Å². The summed E-state index contributed by atoms with van der Waals surface area (Å²) in [6, 6.07) is 5.99. The number of nitrogens with zero attached hydrogens (tertiary/aromatic N) is 4. The minimum absolute atomic E-state index is 0.00388. The van der Waals surface area contributed by atoms with E-state index in [0.29, 0.717) is 6.42 Å². The lowest BCUT2D eigenvalue weighted by Gasteiger charge is -2.14. The minimum Gasteiger partial charge on any atom is -0.275 e. The van der Waals surface area contributed by atoms with Crippen molar-refractivity contribution in [3.8, 4) is 0 Å².